The average Bonchev–Trinajstić information content (AvgIpc) is 2.29. The number of hydrogen-bond acceptors (Lipinski definition) is 4. The lowest BCUT2D eigenvalue weighted by Gasteiger charge is -2.09. The third-order valence-corrected chi connectivity index (χ3v) is 5.32. The third kappa shape index (κ3) is 3.37. The molecule has 0 saturated heterocycles. The van der Waals surface area contributed by atoms with Gasteiger partial charge in [-0.3, -0.25) is 0 Å². The quantitative estimate of drug-likeness (QED) is 0.795. The van der Waals surface area contributed by atoms with E-state index in [1.54, 1.807) is 38.1 Å². The number of hydrogen-bond donors (Lipinski definition) is 0. The summed E-state index contributed by atoms with van der Waals surface area (Å²) in [4.78, 5) is 0.598. The standard InChI is InChI=1S/C13H15NO2S2/c1-10(2)13(8-17-9-14)18(15,16)12-6-4-11(3)5-7-12/h4-7H,8H2,1-3H3. The summed E-state index contributed by atoms with van der Waals surface area (Å²) in [6.45, 7) is 5.40. The van der Waals surface area contributed by atoms with Crippen molar-refractivity contribution >= 4 is 21.6 Å². The van der Waals surface area contributed by atoms with Gasteiger partial charge in [0, 0.05) is 5.75 Å². The van der Waals surface area contributed by atoms with Gasteiger partial charge in [-0.25, -0.2) is 8.42 Å². The Morgan fingerprint density at radius 2 is 1.83 bits per heavy atom. The molecule has 1 rings (SSSR count). The first-order chi connectivity index (χ1) is 8.39. The van der Waals surface area contributed by atoms with Crippen molar-refractivity contribution in [2.45, 2.75) is 25.7 Å². The van der Waals surface area contributed by atoms with Crippen LogP contribution in [-0.4, -0.2) is 14.2 Å². The number of nitrogens with zero attached hydrogens (tertiary/aromatic N) is 1. The average molecular weight is 281 g/mol. The second-order valence-electron chi connectivity index (χ2n) is 4.12. The van der Waals surface area contributed by atoms with Crippen LogP contribution in [0.3, 0.4) is 0 Å². The molecule has 0 heterocycles. The van der Waals surface area contributed by atoms with Crippen LogP contribution in [0.4, 0.5) is 0 Å². The van der Waals surface area contributed by atoms with E-state index in [1.165, 1.54) is 0 Å². The van der Waals surface area contributed by atoms with Crippen LogP contribution in [0.25, 0.3) is 0 Å². The highest BCUT2D eigenvalue weighted by Crippen LogP contribution is 2.25. The molecule has 0 fully saturated rings. The Kier molecular flexibility index (Phi) is 5.00. The first-order valence-electron chi connectivity index (χ1n) is 5.38. The molecule has 18 heavy (non-hydrogen) atoms. The van der Waals surface area contributed by atoms with Crippen LogP contribution in [0.1, 0.15) is 19.4 Å². The minimum Gasteiger partial charge on any atom is -0.219 e. The van der Waals surface area contributed by atoms with Gasteiger partial charge in [-0.05, 0) is 44.7 Å². The molecule has 1 aromatic carbocycles. The van der Waals surface area contributed by atoms with Gasteiger partial charge in [0.15, 0.2) is 0 Å². The van der Waals surface area contributed by atoms with Crippen molar-refractivity contribution in [3.8, 4) is 5.40 Å². The van der Waals surface area contributed by atoms with Gasteiger partial charge in [-0.15, -0.1) is 0 Å². The van der Waals surface area contributed by atoms with Gasteiger partial charge in [-0.2, -0.15) is 5.26 Å². The molecule has 5 heteroatoms. The van der Waals surface area contributed by atoms with E-state index in [0.29, 0.717) is 4.91 Å². The molecule has 1 aromatic rings. The number of sulfone groups is 1. The number of rotatable bonds is 4. The highest BCUT2D eigenvalue weighted by Gasteiger charge is 2.21. The lowest BCUT2D eigenvalue weighted by molar-refractivity contribution is 0.601. The molecule has 0 unspecified atom stereocenters. The van der Waals surface area contributed by atoms with Crippen molar-refractivity contribution in [3.05, 3.63) is 40.3 Å². The SMILES string of the molecule is CC(C)=C(CSC#N)S(=O)(=O)c1ccc(C)cc1. The summed E-state index contributed by atoms with van der Waals surface area (Å²) >= 11 is 0.938. The molecule has 0 amide bonds. The van der Waals surface area contributed by atoms with E-state index in [1.807, 2.05) is 12.3 Å². The zero-order chi connectivity index (χ0) is 13.8. The fraction of sp³-hybridized carbons (Fsp3) is 0.308. The molecule has 0 saturated carbocycles. The van der Waals surface area contributed by atoms with E-state index in [0.717, 1.165) is 22.9 Å². The summed E-state index contributed by atoms with van der Waals surface area (Å²) in [5.41, 5.74) is 1.73. The van der Waals surface area contributed by atoms with Gasteiger partial charge in [-0.1, -0.05) is 23.3 Å². The molecular formula is C13H15NO2S2. The van der Waals surface area contributed by atoms with Crippen molar-refractivity contribution in [2.24, 2.45) is 0 Å². The first kappa shape index (κ1) is 14.8. The van der Waals surface area contributed by atoms with Crippen molar-refractivity contribution in [1.82, 2.24) is 0 Å². The Labute approximate surface area is 112 Å². The summed E-state index contributed by atoms with van der Waals surface area (Å²) in [5.74, 6) is 0.190. The minimum absolute atomic E-state index is 0.190. The number of thiocyanates is 1. The van der Waals surface area contributed by atoms with Crippen LogP contribution < -0.4 is 0 Å². The number of allylic oxidation sites excluding steroid dienone is 1. The fourth-order valence-corrected chi connectivity index (χ4v) is 4.05. The van der Waals surface area contributed by atoms with Crippen LogP contribution in [0.5, 0.6) is 0 Å². The van der Waals surface area contributed by atoms with Crippen molar-refractivity contribution in [3.63, 3.8) is 0 Å². The van der Waals surface area contributed by atoms with Crippen LogP contribution >= 0.6 is 11.8 Å². The molecule has 0 radical (unpaired) electrons. The molecule has 0 atom stereocenters. The second kappa shape index (κ2) is 6.07. The molecule has 0 aliphatic carbocycles. The van der Waals surface area contributed by atoms with E-state index in [9.17, 15) is 8.42 Å². The van der Waals surface area contributed by atoms with E-state index < -0.39 is 9.84 Å². The molecule has 0 aliphatic heterocycles. The van der Waals surface area contributed by atoms with E-state index >= 15 is 0 Å². The number of aryl methyl sites for hydroxylation is 1. The molecular weight excluding hydrogens is 266 g/mol. The highest BCUT2D eigenvalue weighted by atomic mass is 32.2. The molecule has 0 aromatic heterocycles. The zero-order valence-electron chi connectivity index (χ0n) is 10.6. The molecule has 0 N–H and O–H groups in total. The minimum atomic E-state index is -3.48. The lowest BCUT2D eigenvalue weighted by atomic mass is 10.2. The van der Waals surface area contributed by atoms with E-state index in [4.69, 9.17) is 5.26 Å². The summed E-state index contributed by atoms with van der Waals surface area (Å²) in [7, 11) is -3.48. The summed E-state index contributed by atoms with van der Waals surface area (Å²) in [6, 6.07) is 6.75. The summed E-state index contributed by atoms with van der Waals surface area (Å²) < 4.78 is 24.8. The monoisotopic (exact) mass is 281 g/mol. The summed E-state index contributed by atoms with van der Waals surface area (Å²) in [6.07, 6.45) is 0. The van der Waals surface area contributed by atoms with Gasteiger partial charge < -0.3 is 0 Å². The number of benzene rings is 1. The van der Waals surface area contributed by atoms with Gasteiger partial charge in [0.1, 0.15) is 5.40 Å². The maximum absolute atomic E-state index is 12.4. The Morgan fingerprint density at radius 1 is 1.28 bits per heavy atom. The highest BCUT2D eigenvalue weighted by molar-refractivity contribution is 8.05. The van der Waals surface area contributed by atoms with Crippen LogP contribution in [0, 0.1) is 17.6 Å². The predicted octanol–water partition coefficient (Wildman–Crippen LogP) is 3.28. The molecule has 96 valence electrons. The van der Waals surface area contributed by atoms with Crippen molar-refractivity contribution < 1.29 is 8.42 Å². The van der Waals surface area contributed by atoms with Gasteiger partial charge in [0.2, 0.25) is 9.84 Å². The third-order valence-electron chi connectivity index (χ3n) is 2.48. The Balaban J connectivity index is 3.23. The lowest BCUT2D eigenvalue weighted by Crippen LogP contribution is -2.08. The molecule has 3 nitrogen and oxygen atoms in total. The second-order valence-corrected chi connectivity index (χ2v) is 6.85. The van der Waals surface area contributed by atoms with Crippen LogP contribution in [-0.2, 0) is 9.84 Å². The van der Waals surface area contributed by atoms with Gasteiger partial charge in [0.05, 0.1) is 9.80 Å². The van der Waals surface area contributed by atoms with Crippen LogP contribution in [0.15, 0.2) is 39.6 Å². The van der Waals surface area contributed by atoms with Crippen molar-refractivity contribution in [1.29, 1.82) is 5.26 Å². The normalized spacial score (nSPS) is 10.8. The maximum atomic E-state index is 12.4. The molecule has 0 spiro atoms. The topological polar surface area (TPSA) is 57.9 Å². The fourth-order valence-electron chi connectivity index (χ4n) is 1.45. The van der Waals surface area contributed by atoms with Crippen LogP contribution in [0.2, 0.25) is 0 Å². The van der Waals surface area contributed by atoms with E-state index in [2.05, 4.69) is 0 Å². The predicted molar refractivity (Wildman–Crippen MR) is 74.8 cm³/mol. The zero-order valence-corrected chi connectivity index (χ0v) is 12.2. The first-order valence-corrected chi connectivity index (χ1v) is 7.85. The molecule has 0 bridgehead atoms. The van der Waals surface area contributed by atoms with Gasteiger partial charge in [0.25, 0.3) is 0 Å². The Bertz CT molecular complexity index is 589. The maximum Gasteiger partial charge on any atom is 0.203 e. The summed E-state index contributed by atoms with van der Waals surface area (Å²) in [5, 5.41) is 10.5. The molecule has 0 aliphatic rings. The Morgan fingerprint density at radius 3 is 2.28 bits per heavy atom. The largest absolute Gasteiger partial charge is 0.219 e. The van der Waals surface area contributed by atoms with Gasteiger partial charge >= 0.3 is 0 Å². The van der Waals surface area contributed by atoms with E-state index in [-0.39, 0.29) is 10.6 Å². The Hall–Kier alpha value is -1.25. The number of thioether (sulfide) groups is 1. The number of nitriles is 1. The van der Waals surface area contributed by atoms with Crippen molar-refractivity contribution in [2.75, 3.05) is 5.75 Å². The smallest absolute Gasteiger partial charge is 0.203 e.